The average molecular weight is 782 g/mol. The van der Waals surface area contributed by atoms with Gasteiger partial charge in [-0.3, -0.25) is 14.4 Å². The monoisotopic (exact) mass is 781 g/mol. The van der Waals surface area contributed by atoms with Gasteiger partial charge >= 0.3 is 6.09 Å². The van der Waals surface area contributed by atoms with Crippen LogP contribution in [0.3, 0.4) is 0 Å². The Balaban J connectivity index is 0.869. The Bertz CT molecular complexity index is 1950. The van der Waals surface area contributed by atoms with Crippen molar-refractivity contribution in [2.75, 3.05) is 46.1 Å². The number of aryl methyl sites for hydroxylation is 1. The molecule has 2 heterocycles. The molecule has 0 spiro atoms. The van der Waals surface area contributed by atoms with Crippen molar-refractivity contribution in [1.29, 1.82) is 0 Å². The van der Waals surface area contributed by atoms with Crippen LogP contribution >= 0.6 is 11.3 Å². The van der Waals surface area contributed by atoms with Crippen LogP contribution in [0, 0.1) is 12.3 Å². The molecular weight excluding hydrogens is 731 g/mol. The van der Waals surface area contributed by atoms with Crippen LogP contribution in [-0.2, 0) is 35.1 Å². The van der Waals surface area contributed by atoms with E-state index < -0.39 is 29.5 Å². The van der Waals surface area contributed by atoms with E-state index in [-0.39, 0.29) is 57.3 Å². The van der Waals surface area contributed by atoms with Gasteiger partial charge < -0.3 is 35.1 Å². The normalized spacial score (nSPS) is 15.5. The van der Waals surface area contributed by atoms with Crippen molar-refractivity contribution in [2.24, 2.45) is 5.41 Å². The molecule has 2 atom stereocenters. The van der Waals surface area contributed by atoms with E-state index in [0.717, 1.165) is 32.8 Å². The van der Waals surface area contributed by atoms with E-state index in [9.17, 15) is 19.2 Å². The minimum absolute atomic E-state index is 0.0148. The average Bonchev–Trinajstić information content (AvgIpc) is 3.93. The number of ether oxygens (including phenoxy) is 3. The van der Waals surface area contributed by atoms with E-state index in [2.05, 4.69) is 45.2 Å². The Labute approximate surface area is 332 Å². The zero-order valence-electron chi connectivity index (χ0n) is 32.5. The number of carbonyl (C=O) groups is 4. The van der Waals surface area contributed by atoms with Gasteiger partial charge in [0.2, 0.25) is 17.7 Å². The number of thiazole rings is 1. The maximum atomic E-state index is 13.9. The van der Waals surface area contributed by atoms with Gasteiger partial charge in [0.05, 0.1) is 35.9 Å². The van der Waals surface area contributed by atoms with E-state index in [0.29, 0.717) is 25.9 Å². The van der Waals surface area contributed by atoms with Crippen LogP contribution in [0.2, 0.25) is 0 Å². The van der Waals surface area contributed by atoms with Gasteiger partial charge in [-0.2, -0.15) is 0 Å². The molecule has 1 fully saturated rings. The van der Waals surface area contributed by atoms with E-state index in [4.69, 9.17) is 14.2 Å². The maximum absolute atomic E-state index is 13.9. The fourth-order valence-corrected chi connectivity index (χ4v) is 8.05. The van der Waals surface area contributed by atoms with Crippen molar-refractivity contribution in [3.63, 3.8) is 0 Å². The maximum Gasteiger partial charge on any atom is 0.407 e. The van der Waals surface area contributed by atoms with Gasteiger partial charge in [-0.1, -0.05) is 93.6 Å². The zero-order chi connectivity index (χ0) is 39.7. The number of hydrogen-bond donors (Lipinski definition) is 3. The molecule has 296 valence electrons. The first-order valence-corrected chi connectivity index (χ1v) is 20.0. The van der Waals surface area contributed by atoms with Crippen LogP contribution in [0.15, 0.2) is 78.3 Å². The van der Waals surface area contributed by atoms with Crippen molar-refractivity contribution in [3.8, 4) is 21.6 Å². The van der Waals surface area contributed by atoms with Gasteiger partial charge in [0, 0.05) is 25.6 Å². The van der Waals surface area contributed by atoms with Crippen molar-refractivity contribution in [1.82, 2.24) is 25.8 Å². The number of hydrogen-bond acceptors (Lipinski definition) is 9. The van der Waals surface area contributed by atoms with Gasteiger partial charge in [0.15, 0.2) is 0 Å². The van der Waals surface area contributed by atoms with Crippen LogP contribution in [0.25, 0.3) is 21.6 Å². The molecule has 1 aromatic heterocycles. The third kappa shape index (κ3) is 10.00. The third-order valence-corrected chi connectivity index (χ3v) is 11.1. The molecule has 0 bridgehead atoms. The Hall–Kier alpha value is -5.11. The molecule has 3 aromatic carbocycles. The highest BCUT2D eigenvalue weighted by molar-refractivity contribution is 7.13. The molecule has 1 aliphatic heterocycles. The first kappa shape index (κ1) is 40.6. The lowest BCUT2D eigenvalue weighted by molar-refractivity contribution is -0.144. The number of amides is 4. The number of nitrogens with zero attached hydrogens (tertiary/aromatic N) is 2. The van der Waals surface area contributed by atoms with Gasteiger partial charge in [-0.15, -0.1) is 11.3 Å². The minimum atomic E-state index is -0.852. The molecule has 4 aromatic rings. The molecule has 4 amide bonds. The summed E-state index contributed by atoms with van der Waals surface area (Å²) in [5.41, 5.74) is 8.87. The Morgan fingerprint density at radius 1 is 0.893 bits per heavy atom. The Morgan fingerprint density at radius 3 is 2.23 bits per heavy atom. The van der Waals surface area contributed by atoms with Gasteiger partial charge in [0.1, 0.15) is 25.3 Å². The highest BCUT2D eigenvalue weighted by Crippen LogP contribution is 2.44. The largest absolute Gasteiger partial charge is 0.449 e. The first-order valence-electron chi connectivity index (χ1n) is 19.1. The number of carbonyl (C=O) groups excluding carboxylic acids is 4. The second-order valence-corrected chi connectivity index (χ2v) is 16.0. The lowest BCUT2D eigenvalue weighted by atomic mass is 9.85. The van der Waals surface area contributed by atoms with Gasteiger partial charge in [-0.25, -0.2) is 9.78 Å². The van der Waals surface area contributed by atoms with Crippen LogP contribution in [-0.4, -0.2) is 91.9 Å². The second kappa shape index (κ2) is 18.7. The number of likely N-dealkylation sites (tertiary alicyclic amines) is 1. The summed E-state index contributed by atoms with van der Waals surface area (Å²) >= 11 is 1.59. The Morgan fingerprint density at radius 2 is 1.57 bits per heavy atom. The van der Waals surface area contributed by atoms with E-state index in [1.54, 1.807) is 16.2 Å². The predicted octanol–water partition coefficient (Wildman–Crippen LogP) is 5.83. The lowest BCUT2D eigenvalue weighted by Crippen LogP contribution is -2.58. The van der Waals surface area contributed by atoms with Crippen molar-refractivity contribution >= 4 is 35.2 Å². The lowest BCUT2D eigenvalue weighted by Gasteiger charge is -2.35. The molecule has 56 heavy (non-hydrogen) atoms. The third-order valence-electron chi connectivity index (χ3n) is 10.1. The van der Waals surface area contributed by atoms with Crippen LogP contribution < -0.4 is 16.0 Å². The molecule has 13 heteroatoms. The molecular formula is C43H51N5O7S. The quantitative estimate of drug-likeness (QED) is 0.120. The van der Waals surface area contributed by atoms with Gasteiger partial charge in [-0.05, 0) is 58.6 Å². The fraction of sp³-hybridized carbons (Fsp3) is 0.419. The molecule has 0 saturated carbocycles. The van der Waals surface area contributed by atoms with Crippen LogP contribution in [0.4, 0.5) is 4.79 Å². The number of benzene rings is 3. The first-order chi connectivity index (χ1) is 27.0. The molecule has 12 nitrogen and oxygen atoms in total. The molecule has 0 radical (unpaired) electrons. The summed E-state index contributed by atoms with van der Waals surface area (Å²) in [6.45, 7) is 9.22. The van der Waals surface area contributed by atoms with Crippen molar-refractivity contribution in [2.45, 2.75) is 65.1 Å². The molecule has 2 aliphatic rings. The van der Waals surface area contributed by atoms with Gasteiger partial charge in [0.25, 0.3) is 0 Å². The fourth-order valence-electron chi connectivity index (χ4n) is 7.24. The topological polar surface area (TPSA) is 148 Å². The van der Waals surface area contributed by atoms with E-state index in [1.807, 2.05) is 81.7 Å². The second-order valence-electron chi connectivity index (χ2n) is 15.2. The SMILES string of the molecule is Cc1ncsc1-c1ccc(CNC(=O)C2CCCN2C(=O)C(NC(=O)COCCOCCNC(=O)OCC2c3ccccc3-c3ccccc32)C(C)(C)C)cc1. The smallest absolute Gasteiger partial charge is 0.407 e. The van der Waals surface area contributed by atoms with Crippen molar-refractivity contribution < 1.29 is 33.4 Å². The number of aromatic nitrogens is 1. The predicted molar refractivity (Wildman–Crippen MR) is 215 cm³/mol. The summed E-state index contributed by atoms with van der Waals surface area (Å²) < 4.78 is 16.6. The minimum Gasteiger partial charge on any atom is -0.449 e. The number of nitrogens with one attached hydrogen (secondary N) is 3. The molecule has 2 unspecified atom stereocenters. The zero-order valence-corrected chi connectivity index (χ0v) is 33.3. The molecule has 1 aliphatic carbocycles. The summed E-state index contributed by atoms with van der Waals surface area (Å²) in [5, 5.41) is 8.56. The Kier molecular flexibility index (Phi) is 13.5. The highest BCUT2D eigenvalue weighted by Gasteiger charge is 2.41. The highest BCUT2D eigenvalue weighted by atomic mass is 32.1. The number of alkyl carbamates (subject to hydrolysis) is 1. The van der Waals surface area contributed by atoms with E-state index in [1.165, 1.54) is 11.1 Å². The van der Waals surface area contributed by atoms with E-state index >= 15 is 0 Å². The summed E-state index contributed by atoms with van der Waals surface area (Å²) in [7, 11) is 0. The van der Waals surface area contributed by atoms with Crippen LogP contribution in [0.5, 0.6) is 0 Å². The number of rotatable bonds is 16. The number of fused-ring (bicyclic) bond motifs is 3. The molecule has 3 N–H and O–H groups in total. The van der Waals surface area contributed by atoms with Crippen molar-refractivity contribution in [3.05, 3.63) is 101 Å². The molecule has 1 saturated heterocycles. The summed E-state index contributed by atoms with van der Waals surface area (Å²) in [6, 6.07) is 22.9. The molecule has 6 rings (SSSR count). The summed E-state index contributed by atoms with van der Waals surface area (Å²) in [5.74, 6) is -0.958. The summed E-state index contributed by atoms with van der Waals surface area (Å²) in [6.07, 6.45) is 0.731. The summed E-state index contributed by atoms with van der Waals surface area (Å²) in [4.78, 5) is 59.5. The standard InChI is InChI=1S/C43H51N5O7S/c1-28-38(56-27-46-28)30-17-15-29(16-18-30)24-45-40(50)36-14-9-20-48(36)41(51)39(43(2,3)4)47-37(49)26-54-23-22-53-21-19-44-42(52)55-25-35-33-12-7-5-10-31(33)32-11-6-8-13-34(32)35/h5-8,10-13,15-18,27,35-36,39H,9,14,19-26H2,1-4H3,(H,44,52)(H,45,50)(H,47,49). The van der Waals surface area contributed by atoms with Crippen LogP contribution in [0.1, 0.15) is 61.9 Å².